The van der Waals surface area contributed by atoms with Crippen molar-refractivity contribution in [3.63, 3.8) is 0 Å². The molecule has 1 aromatic heterocycles. The van der Waals surface area contributed by atoms with E-state index in [9.17, 15) is 0 Å². The minimum atomic E-state index is 0.321. The number of benzene rings is 1. The summed E-state index contributed by atoms with van der Waals surface area (Å²) < 4.78 is 5.10. The standard InChI is InChI=1S/C16H20N2O/c1-13(16-7-9-17-10-8-16)18-11-14-3-5-15(6-4-14)12-19-2/h3-10,13,18H,11-12H2,1-2H3. The van der Waals surface area contributed by atoms with Gasteiger partial charge in [0.15, 0.2) is 0 Å². The van der Waals surface area contributed by atoms with Crippen molar-refractivity contribution >= 4 is 0 Å². The van der Waals surface area contributed by atoms with Gasteiger partial charge in [0.1, 0.15) is 0 Å². The minimum Gasteiger partial charge on any atom is -0.380 e. The molecule has 0 radical (unpaired) electrons. The van der Waals surface area contributed by atoms with Crippen LogP contribution in [-0.4, -0.2) is 12.1 Å². The van der Waals surface area contributed by atoms with Crippen molar-refractivity contribution in [1.29, 1.82) is 0 Å². The van der Waals surface area contributed by atoms with Crippen LogP contribution in [0.1, 0.15) is 29.7 Å². The van der Waals surface area contributed by atoms with Gasteiger partial charge in [0.05, 0.1) is 6.61 Å². The Morgan fingerprint density at radius 3 is 2.32 bits per heavy atom. The summed E-state index contributed by atoms with van der Waals surface area (Å²) in [5.74, 6) is 0. The van der Waals surface area contributed by atoms with Gasteiger partial charge < -0.3 is 10.1 Å². The number of nitrogens with zero attached hydrogens (tertiary/aromatic N) is 1. The third-order valence-electron chi connectivity index (χ3n) is 3.15. The average molecular weight is 256 g/mol. The average Bonchev–Trinajstić information content (AvgIpc) is 2.47. The van der Waals surface area contributed by atoms with Crippen LogP contribution in [0.2, 0.25) is 0 Å². The molecular formula is C16H20N2O. The van der Waals surface area contributed by atoms with Gasteiger partial charge in [0.25, 0.3) is 0 Å². The van der Waals surface area contributed by atoms with Gasteiger partial charge in [-0.15, -0.1) is 0 Å². The lowest BCUT2D eigenvalue weighted by atomic mass is 10.1. The van der Waals surface area contributed by atoms with Crippen LogP contribution < -0.4 is 5.32 Å². The molecule has 100 valence electrons. The molecule has 3 heteroatoms. The Morgan fingerprint density at radius 1 is 1.05 bits per heavy atom. The van der Waals surface area contributed by atoms with Gasteiger partial charge in [-0.2, -0.15) is 0 Å². The fourth-order valence-electron chi connectivity index (χ4n) is 1.96. The SMILES string of the molecule is COCc1ccc(CNC(C)c2ccncc2)cc1. The zero-order valence-electron chi connectivity index (χ0n) is 11.5. The second kappa shape index (κ2) is 7.02. The molecule has 0 bridgehead atoms. The van der Waals surface area contributed by atoms with Crippen LogP contribution in [0.4, 0.5) is 0 Å². The Morgan fingerprint density at radius 2 is 1.68 bits per heavy atom. The Balaban J connectivity index is 1.88. The highest BCUT2D eigenvalue weighted by Crippen LogP contribution is 2.12. The molecule has 0 saturated heterocycles. The smallest absolute Gasteiger partial charge is 0.0713 e. The fourth-order valence-corrected chi connectivity index (χ4v) is 1.96. The van der Waals surface area contributed by atoms with Crippen molar-refractivity contribution in [1.82, 2.24) is 10.3 Å². The van der Waals surface area contributed by atoms with Crippen molar-refractivity contribution in [3.05, 3.63) is 65.5 Å². The predicted molar refractivity (Wildman–Crippen MR) is 76.6 cm³/mol. The van der Waals surface area contributed by atoms with E-state index in [1.807, 2.05) is 24.5 Å². The van der Waals surface area contributed by atoms with Crippen molar-refractivity contribution in [2.45, 2.75) is 26.1 Å². The quantitative estimate of drug-likeness (QED) is 0.862. The zero-order chi connectivity index (χ0) is 13.5. The fraction of sp³-hybridized carbons (Fsp3) is 0.312. The summed E-state index contributed by atoms with van der Waals surface area (Å²) in [5.41, 5.74) is 3.74. The van der Waals surface area contributed by atoms with Crippen LogP contribution in [0, 0.1) is 0 Å². The van der Waals surface area contributed by atoms with E-state index in [1.165, 1.54) is 16.7 Å². The molecule has 2 rings (SSSR count). The van der Waals surface area contributed by atoms with E-state index in [1.54, 1.807) is 7.11 Å². The molecule has 1 N–H and O–H groups in total. The lowest BCUT2D eigenvalue weighted by Gasteiger charge is -2.14. The molecule has 0 aliphatic carbocycles. The third-order valence-corrected chi connectivity index (χ3v) is 3.15. The lowest BCUT2D eigenvalue weighted by molar-refractivity contribution is 0.185. The molecule has 1 atom stereocenters. The van der Waals surface area contributed by atoms with E-state index < -0.39 is 0 Å². The topological polar surface area (TPSA) is 34.1 Å². The van der Waals surface area contributed by atoms with Gasteiger partial charge in [-0.25, -0.2) is 0 Å². The number of pyridine rings is 1. The monoisotopic (exact) mass is 256 g/mol. The summed E-state index contributed by atoms with van der Waals surface area (Å²) in [6.07, 6.45) is 3.65. The number of methoxy groups -OCH3 is 1. The van der Waals surface area contributed by atoms with Crippen molar-refractivity contribution < 1.29 is 4.74 Å². The molecule has 0 aliphatic heterocycles. The molecule has 0 aliphatic rings. The van der Waals surface area contributed by atoms with Gasteiger partial charge in [-0.1, -0.05) is 24.3 Å². The predicted octanol–water partition coefficient (Wildman–Crippen LogP) is 3.08. The molecule has 1 aromatic carbocycles. The van der Waals surface area contributed by atoms with E-state index in [-0.39, 0.29) is 0 Å². The first-order valence-corrected chi connectivity index (χ1v) is 6.49. The maximum absolute atomic E-state index is 5.10. The van der Waals surface area contributed by atoms with Gasteiger partial charge in [0.2, 0.25) is 0 Å². The number of ether oxygens (including phenoxy) is 1. The molecule has 1 unspecified atom stereocenters. The molecular weight excluding hydrogens is 236 g/mol. The number of rotatable bonds is 6. The largest absolute Gasteiger partial charge is 0.380 e. The second-order valence-corrected chi connectivity index (χ2v) is 4.63. The first-order chi connectivity index (χ1) is 9.29. The Labute approximate surface area is 114 Å². The third kappa shape index (κ3) is 4.16. The molecule has 0 spiro atoms. The van der Waals surface area contributed by atoms with Crippen LogP contribution in [0.25, 0.3) is 0 Å². The normalized spacial score (nSPS) is 12.3. The van der Waals surface area contributed by atoms with Gasteiger partial charge in [-0.3, -0.25) is 4.98 Å². The number of aromatic nitrogens is 1. The maximum Gasteiger partial charge on any atom is 0.0713 e. The highest BCUT2D eigenvalue weighted by Gasteiger charge is 2.04. The summed E-state index contributed by atoms with van der Waals surface area (Å²) in [4.78, 5) is 4.03. The van der Waals surface area contributed by atoms with Crippen LogP contribution >= 0.6 is 0 Å². The Hall–Kier alpha value is -1.71. The van der Waals surface area contributed by atoms with Gasteiger partial charge in [-0.05, 0) is 35.7 Å². The van der Waals surface area contributed by atoms with E-state index in [0.29, 0.717) is 12.6 Å². The van der Waals surface area contributed by atoms with E-state index in [4.69, 9.17) is 4.74 Å². The molecule has 1 heterocycles. The van der Waals surface area contributed by atoms with Crippen LogP contribution in [0.3, 0.4) is 0 Å². The maximum atomic E-state index is 5.10. The Kier molecular flexibility index (Phi) is 5.07. The molecule has 0 amide bonds. The van der Waals surface area contributed by atoms with Crippen LogP contribution in [0.15, 0.2) is 48.8 Å². The molecule has 3 nitrogen and oxygen atoms in total. The van der Waals surface area contributed by atoms with Crippen molar-refractivity contribution in [3.8, 4) is 0 Å². The van der Waals surface area contributed by atoms with Crippen molar-refractivity contribution in [2.75, 3.05) is 7.11 Å². The highest BCUT2D eigenvalue weighted by molar-refractivity contribution is 5.22. The number of hydrogen-bond acceptors (Lipinski definition) is 3. The van der Waals surface area contributed by atoms with Crippen LogP contribution in [-0.2, 0) is 17.9 Å². The molecule has 0 saturated carbocycles. The van der Waals surface area contributed by atoms with E-state index in [2.05, 4.69) is 41.5 Å². The first kappa shape index (κ1) is 13.7. The van der Waals surface area contributed by atoms with Crippen molar-refractivity contribution in [2.24, 2.45) is 0 Å². The van der Waals surface area contributed by atoms with E-state index in [0.717, 1.165) is 6.54 Å². The second-order valence-electron chi connectivity index (χ2n) is 4.63. The highest BCUT2D eigenvalue weighted by atomic mass is 16.5. The summed E-state index contributed by atoms with van der Waals surface area (Å²) in [7, 11) is 1.71. The number of nitrogens with one attached hydrogen (secondary N) is 1. The summed E-state index contributed by atoms with van der Waals surface area (Å²) in [6, 6.07) is 12.9. The first-order valence-electron chi connectivity index (χ1n) is 6.49. The molecule has 2 aromatic rings. The minimum absolute atomic E-state index is 0.321. The van der Waals surface area contributed by atoms with E-state index >= 15 is 0 Å². The molecule has 19 heavy (non-hydrogen) atoms. The van der Waals surface area contributed by atoms with Crippen LogP contribution in [0.5, 0.6) is 0 Å². The molecule has 0 fully saturated rings. The summed E-state index contributed by atoms with van der Waals surface area (Å²) in [5, 5.41) is 3.51. The number of hydrogen-bond donors (Lipinski definition) is 1. The summed E-state index contributed by atoms with van der Waals surface area (Å²) >= 11 is 0. The lowest BCUT2D eigenvalue weighted by Crippen LogP contribution is -2.18. The van der Waals surface area contributed by atoms with Gasteiger partial charge in [0, 0.05) is 32.1 Å². The van der Waals surface area contributed by atoms with Gasteiger partial charge >= 0.3 is 0 Å². The Bertz CT molecular complexity index is 482. The summed E-state index contributed by atoms with van der Waals surface area (Å²) in [6.45, 7) is 3.69. The zero-order valence-corrected chi connectivity index (χ0v) is 11.5.